The normalized spacial score (nSPS) is 29.6. The van der Waals surface area contributed by atoms with E-state index in [1.807, 2.05) is 4.90 Å². The predicted molar refractivity (Wildman–Crippen MR) is 102 cm³/mol. The summed E-state index contributed by atoms with van der Waals surface area (Å²) in [6, 6.07) is 7.27. The minimum Gasteiger partial charge on any atom is -0.463 e. The minimum atomic E-state index is -0.334. The molecule has 0 aromatic carbocycles. The van der Waals surface area contributed by atoms with Crippen LogP contribution < -0.4 is 5.56 Å². The molecule has 1 amide bonds. The van der Waals surface area contributed by atoms with Gasteiger partial charge >= 0.3 is 0 Å². The molecule has 142 valence electrons. The summed E-state index contributed by atoms with van der Waals surface area (Å²) in [6.07, 6.45) is 10.3. The van der Waals surface area contributed by atoms with E-state index in [1.165, 1.54) is 25.7 Å². The fourth-order valence-corrected chi connectivity index (χ4v) is 5.74. The van der Waals surface area contributed by atoms with E-state index in [2.05, 4.69) is 4.98 Å². The van der Waals surface area contributed by atoms with Crippen LogP contribution in [0.3, 0.4) is 0 Å². The Balaban J connectivity index is 1.33. The fraction of sp³-hybridized carbons (Fsp3) is 0.545. The van der Waals surface area contributed by atoms with Crippen LogP contribution in [-0.2, 0) is 0 Å². The molecule has 5 nitrogen and oxygen atoms in total. The third kappa shape index (κ3) is 3.03. The molecule has 0 unspecified atom stereocenters. The third-order valence-corrected chi connectivity index (χ3v) is 7.02. The summed E-state index contributed by atoms with van der Waals surface area (Å²) in [5.41, 5.74) is 0.506. The predicted octanol–water partition coefficient (Wildman–Crippen LogP) is 4.07. The molecule has 5 rings (SSSR count). The number of pyridine rings is 1. The molecule has 1 aliphatic heterocycles. The highest BCUT2D eigenvalue weighted by Crippen LogP contribution is 2.50. The Morgan fingerprint density at radius 3 is 2.81 bits per heavy atom. The molecule has 5 heteroatoms. The van der Waals surface area contributed by atoms with Gasteiger partial charge in [-0.25, -0.2) is 0 Å². The number of hydrogen-bond acceptors (Lipinski definition) is 3. The van der Waals surface area contributed by atoms with Crippen LogP contribution in [0, 0.1) is 17.8 Å². The van der Waals surface area contributed by atoms with E-state index in [9.17, 15) is 9.59 Å². The number of furan rings is 1. The fourth-order valence-electron chi connectivity index (χ4n) is 5.74. The number of fused-ring (bicyclic) bond motifs is 2. The Hall–Kier alpha value is -2.30. The van der Waals surface area contributed by atoms with Gasteiger partial charge in [0.05, 0.1) is 12.0 Å². The number of rotatable bonds is 4. The highest BCUT2D eigenvalue weighted by atomic mass is 16.3. The lowest BCUT2D eigenvalue weighted by Gasteiger charge is -2.30. The number of amides is 1. The van der Waals surface area contributed by atoms with E-state index >= 15 is 0 Å². The maximum atomic E-state index is 13.1. The summed E-state index contributed by atoms with van der Waals surface area (Å²) in [6.45, 7) is 0.768. The zero-order valence-electron chi connectivity index (χ0n) is 15.5. The van der Waals surface area contributed by atoms with Crippen LogP contribution in [0.15, 0.2) is 39.7 Å². The second-order valence-corrected chi connectivity index (χ2v) is 8.56. The number of aromatic nitrogens is 1. The summed E-state index contributed by atoms with van der Waals surface area (Å²) in [7, 11) is 0. The molecular formula is C22H26N2O3. The van der Waals surface area contributed by atoms with Crippen LogP contribution in [0.1, 0.15) is 55.3 Å². The topological polar surface area (TPSA) is 66.3 Å². The molecule has 3 aliphatic rings. The molecule has 0 radical (unpaired) electrons. The Labute approximate surface area is 158 Å². The lowest BCUT2D eigenvalue weighted by molar-refractivity contribution is 0.0706. The van der Waals surface area contributed by atoms with Crippen molar-refractivity contribution < 1.29 is 9.21 Å². The molecule has 2 aliphatic carbocycles. The van der Waals surface area contributed by atoms with Crippen molar-refractivity contribution in [3.63, 3.8) is 0 Å². The van der Waals surface area contributed by atoms with Gasteiger partial charge in [0.1, 0.15) is 11.3 Å². The average molecular weight is 366 g/mol. The first-order valence-corrected chi connectivity index (χ1v) is 10.3. The minimum absolute atomic E-state index is 0.118. The number of aromatic amines is 1. The van der Waals surface area contributed by atoms with E-state index in [0.717, 1.165) is 43.6 Å². The summed E-state index contributed by atoms with van der Waals surface area (Å²) in [4.78, 5) is 30.4. The smallest absolute Gasteiger partial charge is 0.261 e. The van der Waals surface area contributed by atoms with Crippen LogP contribution >= 0.6 is 0 Å². The van der Waals surface area contributed by atoms with Gasteiger partial charge in [-0.15, -0.1) is 0 Å². The molecule has 4 atom stereocenters. The number of H-pyrrole nitrogens is 1. The monoisotopic (exact) mass is 366 g/mol. The van der Waals surface area contributed by atoms with Gasteiger partial charge in [-0.3, -0.25) is 9.59 Å². The molecule has 3 heterocycles. The van der Waals surface area contributed by atoms with Crippen LogP contribution in [0.5, 0.6) is 0 Å². The second-order valence-electron chi connectivity index (χ2n) is 8.56. The lowest BCUT2D eigenvalue weighted by atomic mass is 9.83. The highest BCUT2D eigenvalue weighted by molar-refractivity contribution is 5.94. The van der Waals surface area contributed by atoms with Gasteiger partial charge in [0.25, 0.3) is 11.5 Å². The number of nitrogens with one attached hydrogen (secondary N) is 1. The van der Waals surface area contributed by atoms with Crippen molar-refractivity contribution in [2.24, 2.45) is 17.8 Å². The van der Waals surface area contributed by atoms with Gasteiger partial charge in [-0.2, -0.15) is 0 Å². The van der Waals surface area contributed by atoms with Crippen LogP contribution in [0.4, 0.5) is 0 Å². The SMILES string of the molecule is O=C(c1ccc(-c2ccco2)[nH]c1=O)N1CCC[C@@H]1C[C@H]1C[C@H]2CC[C@H]1C2. The first-order valence-electron chi connectivity index (χ1n) is 10.3. The molecule has 1 N–H and O–H groups in total. The number of carbonyl (C=O) groups excluding carboxylic acids is 1. The maximum Gasteiger partial charge on any atom is 0.261 e. The summed E-state index contributed by atoms with van der Waals surface area (Å²) in [5.74, 6) is 3.07. The number of nitrogens with zero attached hydrogens (tertiary/aromatic N) is 1. The lowest BCUT2D eigenvalue weighted by Crippen LogP contribution is -2.39. The van der Waals surface area contributed by atoms with Crippen LogP contribution in [0.25, 0.3) is 11.5 Å². The highest BCUT2D eigenvalue weighted by Gasteiger charge is 2.42. The quantitative estimate of drug-likeness (QED) is 0.887. The molecule has 0 spiro atoms. The number of carbonyl (C=O) groups is 1. The van der Waals surface area contributed by atoms with Gasteiger partial charge in [0.2, 0.25) is 0 Å². The Kier molecular flexibility index (Phi) is 4.18. The van der Waals surface area contributed by atoms with Gasteiger partial charge in [-0.1, -0.05) is 6.42 Å². The first kappa shape index (κ1) is 16.8. The standard InChI is InChI=1S/C22H26N2O3/c25-21-18(7-8-19(23-21)20-4-2-10-27-20)22(26)24-9-1-3-17(24)13-16-12-14-5-6-15(16)11-14/h2,4,7-8,10,14-17H,1,3,5-6,9,11-13H2,(H,23,25)/t14-,15-,16+,17+/m0/s1. The molecule has 3 fully saturated rings. The van der Waals surface area contributed by atoms with Crippen LogP contribution in [-0.4, -0.2) is 28.4 Å². The summed E-state index contributed by atoms with van der Waals surface area (Å²) < 4.78 is 5.32. The average Bonchev–Trinajstić information content (AvgIpc) is 3.45. The molecule has 2 aromatic heterocycles. The van der Waals surface area contributed by atoms with Gasteiger partial charge < -0.3 is 14.3 Å². The van der Waals surface area contributed by atoms with Gasteiger partial charge in [0, 0.05) is 12.6 Å². The van der Waals surface area contributed by atoms with E-state index in [1.54, 1.807) is 30.5 Å². The van der Waals surface area contributed by atoms with E-state index < -0.39 is 0 Å². The van der Waals surface area contributed by atoms with E-state index in [-0.39, 0.29) is 17.0 Å². The number of hydrogen-bond donors (Lipinski definition) is 1. The van der Waals surface area contributed by atoms with E-state index in [0.29, 0.717) is 17.5 Å². The molecule has 27 heavy (non-hydrogen) atoms. The largest absolute Gasteiger partial charge is 0.463 e. The van der Waals surface area contributed by atoms with Crippen molar-refractivity contribution in [2.45, 2.75) is 51.0 Å². The summed E-state index contributed by atoms with van der Waals surface area (Å²) in [5, 5.41) is 0. The Morgan fingerprint density at radius 1 is 1.19 bits per heavy atom. The molecule has 1 saturated heterocycles. The van der Waals surface area contributed by atoms with Crippen molar-refractivity contribution in [3.8, 4) is 11.5 Å². The van der Waals surface area contributed by atoms with E-state index in [4.69, 9.17) is 4.42 Å². The van der Waals surface area contributed by atoms with Crippen molar-refractivity contribution in [1.29, 1.82) is 0 Å². The second kappa shape index (κ2) is 6.70. The van der Waals surface area contributed by atoms with Crippen LogP contribution in [0.2, 0.25) is 0 Å². The van der Waals surface area contributed by atoms with Crippen molar-refractivity contribution in [1.82, 2.24) is 9.88 Å². The van der Waals surface area contributed by atoms with Crippen molar-refractivity contribution >= 4 is 5.91 Å². The van der Waals surface area contributed by atoms with Gasteiger partial charge in [0.15, 0.2) is 0 Å². The Bertz CT molecular complexity index is 885. The van der Waals surface area contributed by atoms with Crippen molar-refractivity contribution in [3.05, 3.63) is 46.4 Å². The van der Waals surface area contributed by atoms with Crippen molar-refractivity contribution in [2.75, 3.05) is 6.54 Å². The Morgan fingerprint density at radius 2 is 2.11 bits per heavy atom. The molecule has 2 saturated carbocycles. The third-order valence-electron chi connectivity index (χ3n) is 7.02. The maximum absolute atomic E-state index is 13.1. The van der Waals surface area contributed by atoms with Gasteiger partial charge in [-0.05, 0) is 80.5 Å². The summed E-state index contributed by atoms with van der Waals surface area (Å²) >= 11 is 0. The first-order chi connectivity index (χ1) is 13.2. The molecule has 2 bridgehead atoms. The zero-order valence-corrected chi connectivity index (χ0v) is 15.5. The zero-order chi connectivity index (χ0) is 18.4. The molecule has 2 aromatic rings. The number of likely N-dealkylation sites (tertiary alicyclic amines) is 1. The molecular weight excluding hydrogens is 340 g/mol.